The lowest BCUT2D eigenvalue weighted by Crippen LogP contribution is -2.38. The van der Waals surface area contributed by atoms with Gasteiger partial charge in [-0.1, -0.05) is 0 Å². The number of thiophene rings is 1. The fourth-order valence-electron chi connectivity index (χ4n) is 3.45. The van der Waals surface area contributed by atoms with E-state index in [1.54, 1.807) is 23.1 Å². The predicted octanol–water partition coefficient (Wildman–Crippen LogP) is 3.72. The van der Waals surface area contributed by atoms with E-state index in [-0.39, 0.29) is 12.8 Å². The minimum absolute atomic E-state index is 0.268. The molecule has 0 amide bonds. The van der Waals surface area contributed by atoms with Gasteiger partial charge in [-0.25, -0.2) is 23.7 Å². The lowest BCUT2D eigenvalue weighted by atomic mass is 9.77. The SMILES string of the molecule is Cn1cc2cc(-c3ncc4cc([C@@H](O)C5CC(F)(F)C5)sc4n3)cnc2n1. The Kier molecular flexibility index (Phi) is 3.54. The number of hydrogen-bond acceptors (Lipinski definition) is 6. The van der Waals surface area contributed by atoms with E-state index in [0.29, 0.717) is 21.2 Å². The molecular formula is C18H15F2N5OS. The van der Waals surface area contributed by atoms with Gasteiger partial charge in [-0.15, -0.1) is 11.3 Å². The Morgan fingerprint density at radius 3 is 2.81 bits per heavy atom. The van der Waals surface area contributed by atoms with Crippen LogP contribution in [-0.4, -0.2) is 35.8 Å². The topological polar surface area (TPSA) is 76.7 Å². The van der Waals surface area contributed by atoms with Gasteiger partial charge in [-0.2, -0.15) is 5.10 Å². The van der Waals surface area contributed by atoms with E-state index in [1.807, 2.05) is 19.3 Å². The first-order valence-electron chi connectivity index (χ1n) is 8.50. The average molecular weight is 387 g/mol. The number of pyridine rings is 1. The van der Waals surface area contributed by atoms with E-state index in [0.717, 1.165) is 16.3 Å². The van der Waals surface area contributed by atoms with Crippen LogP contribution in [0.2, 0.25) is 0 Å². The van der Waals surface area contributed by atoms with E-state index in [4.69, 9.17) is 0 Å². The molecule has 4 aromatic heterocycles. The summed E-state index contributed by atoms with van der Waals surface area (Å²) in [5.74, 6) is -2.52. The van der Waals surface area contributed by atoms with Gasteiger partial charge in [0, 0.05) is 65.6 Å². The van der Waals surface area contributed by atoms with Gasteiger partial charge < -0.3 is 5.11 Å². The maximum Gasteiger partial charge on any atom is 0.248 e. The van der Waals surface area contributed by atoms with Crippen molar-refractivity contribution in [3.63, 3.8) is 0 Å². The Morgan fingerprint density at radius 1 is 1.22 bits per heavy atom. The van der Waals surface area contributed by atoms with Crippen LogP contribution in [0.3, 0.4) is 0 Å². The summed E-state index contributed by atoms with van der Waals surface area (Å²) in [7, 11) is 1.83. The van der Waals surface area contributed by atoms with E-state index in [9.17, 15) is 13.9 Å². The molecule has 1 aliphatic rings. The number of aliphatic hydroxyl groups excluding tert-OH is 1. The van der Waals surface area contributed by atoms with Crippen LogP contribution in [0.15, 0.2) is 30.7 Å². The van der Waals surface area contributed by atoms with Crippen molar-refractivity contribution >= 4 is 32.6 Å². The van der Waals surface area contributed by atoms with Gasteiger partial charge in [-0.05, 0) is 12.1 Å². The molecule has 0 spiro atoms. The molecule has 1 fully saturated rings. The van der Waals surface area contributed by atoms with Crippen molar-refractivity contribution in [1.82, 2.24) is 24.7 Å². The molecule has 0 bridgehead atoms. The summed E-state index contributed by atoms with van der Waals surface area (Å²) in [6.45, 7) is 0. The van der Waals surface area contributed by atoms with Crippen molar-refractivity contribution in [3.8, 4) is 11.4 Å². The highest BCUT2D eigenvalue weighted by atomic mass is 32.1. The van der Waals surface area contributed by atoms with E-state index in [2.05, 4.69) is 20.1 Å². The van der Waals surface area contributed by atoms with Crippen LogP contribution >= 0.6 is 11.3 Å². The fourth-order valence-corrected chi connectivity index (χ4v) is 4.54. The Hall–Kier alpha value is -2.52. The fraction of sp³-hybridized carbons (Fsp3) is 0.333. The predicted molar refractivity (Wildman–Crippen MR) is 97.5 cm³/mol. The molecule has 0 unspecified atom stereocenters. The Labute approximate surface area is 156 Å². The number of aryl methyl sites for hydroxylation is 1. The minimum atomic E-state index is -2.65. The van der Waals surface area contributed by atoms with Gasteiger partial charge in [0.05, 0.1) is 6.10 Å². The van der Waals surface area contributed by atoms with Crippen LogP contribution in [0.4, 0.5) is 8.78 Å². The molecule has 1 atom stereocenters. The standard InChI is InChI=1S/C18H15F2N5OS/c1-25-8-11-2-9(6-22-16(11)24-25)15-21-7-10-3-13(27-17(10)23-15)14(26)12-4-18(19,20)5-12/h2-3,6-8,12,14,26H,4-5H2,1H3/t14-/m0/s1. The number of aromatic nitrogens is 5. The molecule has 0 radical (unpaired) electrons. The lowest BCUT2D eigenvalue weighted by Gasteiger charge is -2.37. The van der Waals surface area contributed by atoms with Gasteiger partial charge in [0.25, 0.3) is 0 Å². The molecule has 4 aromatic rings. The molecule has 1 saturated carbocycles. The monoisotopic (exact) mass is 387 g/mol. The highest BCUT2D eigenvalue weighted by molar-refractivity contribution is 7.18. The highest BCUT2D eigenvalue weighted by Crippen LogP contribution is 2.49. The van der Waals surface area contributed by atoms with Gasteiger partial charge in [-0.3, -0.25) is 4.68 Å². The van der Waals surface area contributed by atoms with E-state index in [1.165, 1.54) is 11.3 Å². The third kappa shape index (κ3) is 2.87. The Bertz CT molecular complexity index is 1160. The average Bonchev–Trinajstić information content (AvgIpc) is 3.19. The Morgan fingerprint density at radius 2 is 2.04 bits per heavy atom. The second-order valence-corrected chi connectivity index (χ2v) is 8.07. The summed E-state index contributed by atoms with van der Waals surface area (Å²) in [5, 5.41) is 16.3. The first-order chi connectivity index (χ1) is 12.9. The number of rotatable bonds is 3. The van der Waals surface area contributed by atoms with Crippen LogP contribution in [0.25, 0.3) is 32.6 Å². The third-order valence-electron chi connectivity index (χ3n) is 4.88. The number of aliphatic hydroxyl groups is 1. The normalized spacial score (nSPS) is 18.1. The first kappa shape index (κ1) is 16.6. The van der Waals surface area contributed by atoms with Gasteiger partial charge in [0.15, 0.2) is 11.5 Å². The molecule has 0 saturated heterocycles. The molecule has 6 nitrogen and oxygen atoms in total. The number of nitrogens with zero attached hydrogens (tertiary/aromatic N) is 5. The summed E-state index contributed by atoms with van der Waals surface area (Å²) in [5.41, 5.74) is 1.42. The molecule has 27 heavy (non-hydrogen) atoms. The van der Waals surface area contributed by atoms with E-state index < -0.39 is 17.9 Å². The van der Waals surface area contributed by atoms with Gasteiger partial charge in [0.1, 0.15) is 4.83 Å². The van der Waals surface area contributed by atoms with Crippen LogP contribution < -0.4 is 0 Å². The van der Waals surface area contributed by atoms with Gasteiger partial charge in [0.2, 0.25) is 5.92 Å². The zero-order chi connectivity index (χ0) is 18.8. The van der Waals surface area contributed by atoms with Crippen molar-refractivity contribution in [2.24, 2.45) is 13.0 Å². The largest absolute Gasteiger partial charge is 0.387 e. The highest BCUT2D eigenvalue weighted by Gasteiger charge is 2.48. The lowest BCUT2D eigenvalue weighted by molar-refractivity contribution is -0.141. The number of hydrogen-bond donors (Lipinski definition) is 1. The zero-order valence-corrected chi connectivity index (χ0v) is 15.1. The van der Waals surface area contributed by atoms with Crippen LogP contribution in [0.5, 0.6) is 0 Å². The van der Waals surface area contributed by atoms with Crippen molar-refractivity contribution in [3.05, 3.63) is 35.6 Å². The molecule has 138 valence electrons. The molecule has 1 N–H and O–H groups in total. The maximum absolute atomic E-state index is 13.1. The molecule has 0 aliphatic heterocycles. The van der Waals surface area contributed by atoms with Crippen LogP contribution in [0.1, 0.15) is 23.8 Å². The summed E-state index contributed by atoms with van der Waals surface area (Å²) < 4.78 is 27.9. The molecule has 5 rings (SSSR count). The van der Waals surface area contributed by atoms with Crippen molar-refractivity contribution in [2.45, 2.75) is 24.9 Å². The second-order valence-electron chi connectivity index (χ2n) is 7.01. The van der Waals surface area contributed by atoms with Crippen molar-refractivity contribution in [2.75, 3.05) is 0 Å². The van der Waals surface area contributed by atoms with Crippen molar-refractivity contribution in [1.29, 1.82) is 0 Å². The van der Waals surface area contributed by atoms with Crippen LogP contribution in [-0.2, 0) is 7.05 Å². The zero-order valence-electron chi connectivity index (χ0n) is 14.3. The summed E-state index contributed by atoms with van der Waals surface area (Å²) in [4.78, 5) is 14.7. The first-order valence-corrected chi connectivity index (χ1v) is 9.32. The molecule has 0 aromatic carbocycles. The third-order valence-corrected chi connectivity index (χ3v) is 6.00. The molecular weight excluding hydrogens is 372 g/mol. The number of alkyl halides is 2. The van der Waals surface area contributed by atoms with Crippen LogP contribution in [0, 0.1) is 5.92 Å². The smallest absolute Gasteiger partial charge is 0.248 e. The number of halogens is 2. The molecule has 1 aliphatic carbocycles. The van der Waals surface area contributed by atoms with E-state index >= 15 is 0 Å². The quantitative estimate of drug-likeness (QED) is 0.580. The van der Waals surface area contributed by atoms with Crippen molar-refractivity contribution < 1.29 is 13.9 Å². The summed E-state index contributed by atoms with van der Waals surface area (Å²) in [6.07, 6.45) is 3.81. The maximum atomic E-state index is 13.1. The molecule has 9 heteroatoms. The van der Waals surface area contributed by atoms with Gasteiger partial charge >= 0.3 is 0 Å². The summed E-state index contributed by atoms with van der Waals surface area (Å²) in [6, 6.07) is 3.71. The Balaban J connectivity index is 1.47. The molecule has 4 heterocycles. The number of fused-ring (bicyclic) bond motifs is 2. The second kappa shape index (κ2) is 5.74. The summed E-state index contributed by atoms with van der Waals surface area (Å²) >= 11 is 1.32. The minimum Gasteiger partial charge on any atom is -0.387 e.